The van der Waals surface area contributed by atoms with Gasteiger partial charge >= 0.3 is 0 Å². The lowest BCUT2D eigenvalue weighted by atomic mass is 9.93. The van der Waals surface area contributed by atoms with Crippen LogP contribution in [0.3, 0.4) is 0 Å². The molecule has 1 unspecified atom stereocenters. The molecule has 0 amide bonds. The van der Waals surface area contributed by atoms with Crippen LogP contribution in [0.25, 0.3) is 0 Å². The number of rotatable bonds is 3. The molecule has 0 fully saturated rings. The van der Waals surface area contributed by atoms with Crippen LogP contribution in [0.2, 0.25) is 5.02 Å². The molecule has 20 heavy (non-hydrogen) atoms. The second-order valence-electron chi connectivity index (χ2n) is 5.44. The number of benzene rings is 2. The van der Waals surface area contributed by atoms with Crippen LogP contribution in [0.4, 0.5) is 4.39 Å². The Morgan fingerprint density at radius 1 is 1.15 bits per heavy atom. The molecule has 0 spiro atoms. The molecule has 3 rings (SSSR count). The SMILES string of the molecule is OC(Cc1ccc(Cl)cc1F)C1Cc2ccccc2C1. The Labute approximate surface area is 123 Å². The summed E-state index contributed by atoms with van der Waals surface area (Å²) in [4.78, 5) is 0. The van der Waals surface area contributed by atoms with E-state index in [0.717, 1.165) is 12.8 Å². The molecule has 0 heterocycles. The van der Waals surface area contributed by atoms with Crippen molar-refractivity contribution in [2.45, 2.75) is 25.4 Å². The zero-order chi connectivity index (χ0) is 14.1. The highest BCUT2D eigenvalue weighted by atomic mass is 35.5. The zero-order valence-electron chi connectivity index (χ0n) is 11.0. The van der Waals surface area contributed by atoms with E-state index in [9.17, 15) is 9.50 Å². The number of hydrogen-bond donors (Lipinski definition) is 1. The smallest absolute Gasteiger partial charge is 0.127 e. The van der Waals surface area contributed by atoms with Crippen molar-refractivity contribution >= 4 is 11.6 Å². The van der Waals surface area contributed by atoms with Gasteiger partial charge in [0.2, 0.25) is 0 Å². The molecule has 0 aliphatic heterocycles. The largest absolute Gasteiger partial charge is 0.392 e. The molecule has 1 N–H and O–H groups in total. The fourth-order valence-electron chi connectivity index (χ4n) is 2.94. The quantitative estimate of drug-likeness (QED) is 0.912. The molecule has 1 atom stereocenters. The highest BCUT2D eigenvalue weighted by Crippen LogP contribution is 2.30. The maximum atomic E-state index is 13.8. The molecule has 0 saturated carbocycles. The van der Waals surface area contributed by atoms with Crippen molar-refractivity contribution < 1.29 is 9.50 Å². The Bertz CT molecular complexity index is 601. The first-order valence-electron chi connectivity index (χ1n) is 6.82. The molecule has 1 nitrogen and oxygen atoms in total. The molecule has 104 valence electrons. The van der Waals surface area contributed by atoms with Crippen LogP contribution in [0, 0.1) is 11.7 Å². The van der Waals surface area contributed by atoms with Gasteiger partial charge in [-0.1, -0.05) is 41.9 Å². The average molecular weight is 291 g/mol. The third kappa shape index (κ3) is 2.72. The van der Waals surface area contributed by atoms with Gasteiger partial charge < -0.3 is 5.11 Å². The predicted molar refractivity (Wildman–Crippen MR) is 78.5 cm³/mol. The summed E-state index contributed by atoms with van der Waals surface area (Å²) in [5.74, 6) is -0.172. The van der Waals surface area contributed by atoms with Crippen molar-refractivity contribution in [3.63, 3.8) is 0 Å². The topological polar surface area (TPSA) is 20.2 Å². The minimum absolute atomic E-state index is 0.169. The first kappa shape index (κ1) is 13.6. The second-order valence-corrected chi connectivity index (χ2v) is 5.88. The average Bonchev–Trinajstić information content (AvgIpc) is 2.86. The molecule has 0 aromatic heterocycles. The highest BCUT2D eigenvalue weighted by molar-refractivity contribution is 6.30. The van der Waals surface area contributed by atoms with Crippen LogP contribution >= 0.6 is 11.6 Å². The third-order valence-electron chi connectivity index (χ3n) is 4.07. The normalized spacial score (nSPS) is 16.1. The molecular formula is C17H16ClFO. The number of aliphatic hydroxyl groups is 1. The number of fused-ring (bicyclic) bond motifs is 1. The molecular weight excluding hydrogens is 275 g/mol. The first-order valence-corrected chi connectivity index (χ1v) is 7.20. The van der Waals surface area contributed by atoms with Crippen LogP contribution in [-0.2, 0) is 19.3 Å². The van der Waals surface area contributed by atoms with Gasteiger partial charge in [-0.25, -0.2) is 4.39 Å². The maximum Gasteiger partial charge on any atom is 0.127 e. The van der Waals surface area contributed by atoms with Crippen LogP contribution in [-0.4, -0.2) is 11.2 Å². The van der Waals surface area contributed by atoms with Gasteiger partial charge in [-0.15, -0.1) is 0 Å². The Kier molecular flexibility index (Phi) is 3.77. The van der Waals surface area contributed by atoms with E-state index in [1.165, 1.54) is 17.2 Å². The molecule has 1 aliphatic carbocycles. The third-order valence-corrected chi connectivity index (χ3v) is 4.31. The van der Waals surface area contributed by atoms with Gasteiger partial charge in [0.25, 0.3) is 0 Å². The summed E-state index contributed by atoms with van der Waals surface area (Å²) in [5, 5.41) is 10.8. The van der Waals surface area contributed by atoms with E-state index < -0.39 is 6.10 Å². The fourth-order valence-corrected chi connectivity index (χ4v) is 3.10. The van der Waals surface area contributed by atoms with E-state index >= 15 is 0 Å². The van der Waals surface area contributed by atoms with Gasteiger partial charge in [0, 0.05) is 11.4 Å². The zero-order valence-corrected chi connectivity index (χ0v) is 11.8. The van der Waals surface area contributed by atoms with Gasteiger partial charge in [0.05, 0.1) is 6.10 Å². The lowest BCUT2D eigenvalue weighted by Gasteiger charge is -2.18. The van der Waals surface area contributed by atoms with Gasteiger partial charge in [0.1, 0.15) is 5.82 Å². The van der Waals surface area contributed by atoms with Crippen molar-refractivity contribution in [1.82, 2.24) is 0 Å². The summed E-state index contributed by atoms with van der Waals surface area (Å²) in [6.07, 6.45) is 1.54. The minimum Gasteiger partial charge on any atom is -0.392 e. The minimum atomic E-state index is -0.530. The van der Waals surface area contributed by atoms with E-state index in [2.05, 4.69) is 12.1 Å². The Morgan fingerprint density at radius 3 is 2.40 bits per heavy atom. The lowest BCUT2D eigenvalue weighted by molar-refractivity contribution is 0.112. The van der Waals surface area contributed by atoms with Crippen molar-refractivity contribution in [1.29, 1.82) is 0 Å². The number of aliphatic hydroxyl groups excluding tert-OH is 1. The van der Waals surface area contributed by atoms with Gasteiger partial charge in [0.15, 0.2) is 0 Å². The molecule has 0 saturated heterocycles. The van der Waals surface area contributed by atoms with E-state index in [1.54, 1.807) is 12.1 Å². The second kappa shape index (κ2) is 5.55. The summed E-state index contributed by atoms with van der Waals surface area (Å²) in [7, 11) is 0. The first-order chi connectivity index (χ1) is 9.63. The predicted octanol–water partition coefficient (Wildman–Crippen LogP) is 3.80. The fraction of sp³-hybridized carbons (Fsp3) is 0.294. The summed E-state index contributed by atoms with van der Waals surface area (Å²) >= 11 is 5.74. The van der Waals surface area contributed by atoms with Gasteiger partial charge in [-0.2, -0.15) is 0 Å². The lowest BCUT2D eigenvalue weighted by Crippen LogP contribution is -2.23. The van der Waals surface area contributed by atoms with Crippen LogP contribution in [0.1, 0.15) is 16.7 Å². The van der Waals surface area contributed by atoms with Crippen LogP contribution in [0.5, 0.6) is 0 Å². The highest BCUT2D eigenvalue weighted by Gasteiger charge is 2.27. The summed E-state index contributed by atoms with van der Waals surface area (Å²) in [5.41, 5.74) is 3.12. The molecule has 0 radical (unpaired) electrons. The Morgan fingerprint density at radius 2 is 1.80 bits per heavy atom. The van der Waals surface area contributed by atoms with E-state index in [-0.39, 0.29) is 11.7 Å². The molecule has 3 heteroatoms. The Hall–Kier alpha value is -1.38. The summed E-state index contributed by atoms with van der Waals surface area (Å²) in [6, 6.07) is 12.9. The molecule has 2 aromatic carbocycles. The van der Waals surface area contributed by atoms with Crippen LogP contribution in [0.15, 0.2) is 42.5 Å². The summed E-state index contributed by atoms with van der Waals surface area (Å²) in [6.45, 7) is 0. The van der Waals surface area contributed by atoms with E-state index in [4.69, 9.17) is 11.6 Å². The van der Waals surface area contributed by atoms with Crippen LogP contribution < -0.4 is 0 Å². The maximum absolute atomic E-state index is 13.8. The standard InChI is InChI=1S/C17H16ClFO/c18-15-6-5-13(16(19)10-15)9-17(20)14-7-11-3-1-2-4-12(11)8-14/h1-6,10,14,17,20H,7-9H2. The van der Waals surface area contributed by atoms with Crippen molar-refractivity contribution in [3.05, 3.63) is 70.0 Å². The monoisotopic (exact) mass is 290 g/mol. The molecule has 2 aromatic rings. The van der Waals surface area contributed by atoms with Crippen molar-refractivity contribution in [2.75, 3.05) is 0 Å². The van der Waals surface area contributed by atoms with Crippen molar-refractivity contribution in [2.24, 2.45) is 5.92 Å². The Balaban J connectivity index is 1.70. The van der Waals surface area contributed by atoms with Gasteiger partial charge in [-0.05, 0) is 47.6 Å². The number of hydrogen-bond acceptors (Lipinski definition) is 1. The number of halogens is 2. The van der Waals surface area contributed by atoms with E-state index in [0.29, 0.717) is 17.0 Å². The van der Waals surface area contributed by atoms with Crippen molar-refractivity contribution in [3.8, 4) is 0 Å². The molecule has 1 aliphatic rings. The summed E-state index contributed by atoms with van der Waals surface area (Å²) < 4.78 is 13.8. The molecule has 0 bridgehead atoms. The van der Waals surface area contributed by atoms with E-state index in [1.807, 2.05) is 12.1 Å². The van der Waals surface area contributed by atoms with Gasteiger partial charge in [-0.3, -0.25) is 0 Å².